The maximum Gasteiger partial charge on any atom is 0.224 e. The fourth-order valence-electron chi connectivity index (χ4n) is 2.68. The van der Waals surface area contributed by atoms with Gasteiger partial charge in [0.25, 0.3) is 0 Å². The van der Waals surface area contributed by atoms with Crippen molar-refractivity contribution < 1.29 is 4.79 Å². The number of hydrogen-bond donors (Lipinski definition) is 1. The SMILES string of the molecule is Cc1cc(Cl)ncc1NC(=O)CCC1CCCCC1. The summed E-state index contributed by atoms with van der Waals surface area (Å²) in [6.45, 7) is 1.92. The lowest BCUT2D eigenvalue weighted by atomic mass is 9.86. The number of rotatable bonds is 4. The third kappa shape index (κ3) is 4.50. The number of amides is 1. The highest BCUT2D eigenvalue weighted by molar-refractivity contribution is 6.29. The van der Waals surface area contributed by atoms with Crippen LogP contribution >= 0.6 is 11.6 Å². The molecule has 0 radical (unpaired) electrons. The van der Waals surface area contributed by atoms with Gasteiger partial charge >= 0.3 is 0 Å². The van der Waals surface area contributed by atoms with E-state index in [1.165, 1.54) is 32.1 Å². The number of carbonyl (C=O) groups is 1. The number of nitrogens with one attached hydrogen (secondary N) is 1. The molecule has 0 aromatic carbocycles. The standard InChI is InChI=1S/C15H21ClN2O/c1-11-9-14(16)17-10-13(11)18-15(19)8-7-12-5-3-2-4-6-12/h9-10,12H,2-8H2,1H3,(H,18,19). The number of carbonyl (C=O) groups excluding carboxylic acids is 1. The van der Waals surface area contributed by atoms with Gasteiger partial charge < -0.3 is 5.32 Å². The number of pyridine rings is 1. The van der Waals surface area contributed by atoms with E-state index in [0.29, 0.717) is 11.6 Å². The lowest BCUT2D eigenvalue weighted by molar-refractivity contribution is -0.116. The maximum atomic E-state index is 11.9. The van der Waals surface area contributed by atoms with Crippen molar-refractivity contribution in [3.8, 4) is 0 Å². The molecule has 1 fully saturated rings. The van der Waals surface area contributed by atoms with Gasteiger partial charge in [-0.2, -0.15) is 0 Å². The van der Waals surface area contributed by atoms with E-state index in [9.17, 15) is 4.79 Å². The Morgan fingerprint density at radius 2 is 2.16 bits per heavy atom. The van der Waals surface area contributed by atoms with Crippen LogP contribution in [0.1, 0.15) is 50.5 Å². The van der Waals surface area contributed by atoms with Crippen molar-refractivity contribution in [1.29, 1.82) is 0 Å². The summed E-state index contributed by atoms with van der Waals surface area (Å²) in [6.07, 6.45) is 9.82. The van der Waals surface area contributed by atoms with Crippen LogP contribution in [-0.2, 0) is 4.79 Å². The van der Waals surface area contributed by atoms with Crippen LogP contribution in [0.15, 0.2) is 12.3 Å². The average molecular weight is 281 g/mol. The van der Waals surface area contributed by atoms with Crippen molar-refractivity contribution in [2.75, 3.05) is 5.32 Å². The van der Waals surface area contributed by atoms with E-state index in [0.717, 1.165) is 23.6 Å². The summed E-state index contributed by atoms with van der Waals surface area (Å²) in [5, 5.41) is 3.37. The van der Waals surface area contributed by atoms with Crippen molar-refractivity contribution >= 4 is 23.2 Å². The zero-order valence-electron chi connectivity index (χ0n) is 11.4. The van der Waals surface area contributed by atoms with Crippen LogP contribution in [0.5, 0.6) is 0 Å². The summed E-state index contributed by atoms with van der Waals surface area (Å²) in [6, 6.07) is 1.76. The molecule has 1 aliphatic rings. The van der Waals surface area contributed by atoms with Gasteiger partial charge in [-0.1, -0.05) is 43.7 Å². The Labute approximate surface area is 119 Å². The molecule has 0 atom stereocenters. The fourth-order valence-corrected chi connectivity index (χ4v) is 2.89. The van der Waals surface area contributed by atoms with Crippen LogP contribution in [-0.4, -0.2) is 10.9 Å². The fraction of sp³-hybridized carbons (Fsp3) is 0.600. The molecule has 1 amide bonds. The maximum absolute atomic E-state index is 11.9. The van der Waals surface area contributed by atoms with E-state index in [1.54, 1.807) is 12.3 Å². The molecule has 0 unspecified atom stereocenters. The monoisotopic (exact) mass is 280 g/mol. The molecular weight excluding hydrogens is 260 g/mol. The number of anilines is 1. The van der Waals surface area contributed by atoms with Gasteiger partial charge in [-0.05, 0) is 30.9 Å². The number of nitrogens with zero attached hydrogens (tertiary/aromatic N) is 1. The second-order valence-electron chi connectivity index (χ2n) is 5.41. The molecule has 1 N–H and O–H groups in total. The number of aromatic nitrogens is 1. The van der Waals surface area contributed by atoms with Gasteiger partial charge in [0.15, 0.2) is 0 Å². The van der Waals surface area contributed by atoms with E-state index in [4.69, 9.17) is 11.6 Å². The third-order valence-electron chi connectivity index (χ3n) is 3.86. The van der Waals surface area contributed by atoms with E-state index < -0.39 is 0 Å². The Kier molecular flexibility index (Phi) is 5.20. The molecule has 19 heavy (non-hydrogen) atoms. The predicted octanol–water partition coefficient (Wildman–Crippen LogP) is 4.34. The Bertz CT molecular complexity index is 442. The minimum atomic E-state index is 0.0813. The quantitative estimate of drug-likeness (QED) is 0.834. The lowest BCUT2D eigenvalue weighted by Gasteiger charge is -2.21. The number of hydrogen-bond acceptors (Lipinski definition) is 2. The van der Waals surface area contributed by atoms with Crippen LogP contribution < -0.4 is 5.32 Å². The van der Waals surface area contributed by atoms with Crippen LogP contribution in [0.25, 0.3) is 0 Å². The second-order valence-corrected chi connectivity index (χ2v) is 5.80. The largest absolute Gasteiger partial charge is 0.325 e. The lowest BCUT2D eigenvalue weighted by Crippen LogP contribution is -2.15. The van der Waals surface area contributed by atoms with Crippen molar-refractivity contribution in [2.45, 2.75) is 51.9 Å². The highest BCUT2D eigenvalue weighted by Crippen LogP contribution is 2.27. The molecular formula is C15H21ClN2O. The van der Waals surface area contributed by atoms with Gasteiger partial charge in [0.05, 0.1) is 11.9 Å². The summed E-state index contributed by atoms with van der Waals surface area (Å²) in [7, 11) is 0. The van der Waals surface area contributed by atoms with E-state index in [1.807, 2.05) is 6.92 Å². The normalized spacial score (nSPS) is 16.3. The van der Waals surface area contributed by atoms with E-state index in [-0.39, 0.29) is 5.91 Å². The highest BCUT2D eigenvalue weighted by atomic mass is 35.5. The third-order valence-corrected chi connectivity index (χ3v) is 4.06. The van der Waals surface area contributed by atoms with Crippen molar-refractivity contribution in [3.05, 3.63) is 23.0 Å². The number of halogens is 1. The summed E-state index contributed by atoms with van der Waals surface area (Å²) in [5.74, 6) is 0.821. The molecule has 0 saturated heterocycles. The Hall–Kier alpha value is -1.09. The zero-order chi connectivity index (χ0) is 13.7. The van der Waals surface area contributed by atoms with Crippen LogP contribution in [0, 0.1) is 12.8 Å². The van der Waals surface area contributed by atoms with E-state index in [2.05, 4.69) is 10.3 Å². The van der Waals surface area contributed by atoms with Crippen LogP contribution in [0.4, 0.5) is 5.69 Å². The molecule has 0 spiro atoms. The molecule has 104 valence electrons. The highest BCUT2D eigenvalue weighted by Gasteiger charge is 2.15. The molecule has 4 heteroatoms. The van der Waals surface area contributed by atoms with Crippen molar-refractivity contribution in [2.24, 2.45) is 5.92 Å². The predicted molar refractivity (Wildman–Crippen MR) is 78.4 cm³/mol. The Morgan fingerprint density at radius 1 is 1.42 bits per heavy atom. The molecule has 1 aromatic rings. The molecule has 1 heterocycles. The zero-order valence-corrected chi connectivity index (χ0v) is 12.2. The first-order chi connectivity index (χ1) is 9.15. The summed E-state index contributed by atoms with van der Waals surface area (Å²) in [5.41, 5.74) is 1.71. The number of aryl methyl sites for hydroxylation is 1. The first kappa shape index (κ1) is 14.3. The van der Waals surface area contributed by atoms with Gasteiger partial charge in [-0.25, -0.2) is 4.98 Å². The molecule has 0 bridgehead atoms. The second kappa shape index (κ2) is 6.90. The Morgan fingerprint density at radius 3 is 2.84 bits per heavy atom. The summed E-state index contributed by atoms with van der Waals surface area (Å²) in [4.78, 5) is 15.9. The topological polar surface area (TPSA) is 42.0 Å². The van der Waals surface area contributed by atoms with Crippen molar-refractivity contribution in [1.82, 2.24) is 4.98 Å². The molecule has 0 aliphatic heterocycles. The summed E-state index contributed by atoms with van der Waals surface area (Å²) >= 11 is 5.79. The van der Waals surface area contributed by atoms with Crippen LogP contribution in [0.3, 0.4) is 0 Å². The molecule has 2 rings (SSSR count). The van der Waals surface area contributed by atoms with Crippen LogP contribution in [0.2, 0.25) is 5.15 Å². The summed E-state index contributed by atoms with van der Waals surface area (Å²) < 4.78 is 0. The van der Waals surface area contributed by atoms with Gasteiger partial charge in [0.2, 0.25) is 5.91 Å². The first-order valence-corrected chi connectivity index (χ1v) is 7.45. The average Bonchev–Trinajstić information content (AvgIpc) is 2.41. The first-order valence-electron chi connectivity index (χ1n) is 7.07. The Balaban J connectivity index is 1.80. The van der Waals surface area contributed by atoms with Gasteiger partial charge in [0.1, 0.15) is 5.15 Å². The molecule has 1 saturated carbocycles. The van der Waals surface area contributed by atoms with Gasteiger partial charge in [-0.3, -0.25) is 4.79 Å². The smallest absolute Gasteiger partial charge is 0.224 e. The molecule has 1 aliphatic carbocycles. The van der Waals surface area contributed by atoms with Crippen molar-refractivity contribution in [3.63, 3.8) is 0 Å². The minimum absolute atomic E-state index is 0.0813. The van der Waals surface area contributed by atoms with Gasteiger partial charge in [-0.15, -0.1) is 0 Å². The van der Waals surface area contributed by atoms with Gasteiger partial charge in [0, 0.05) is 6.42 Å². The van der Waals surface area contributed by atoms with E-state index >= 15 is 0 Å². The molecule has 3 nitrogen and oxygen atoms in total. The molecule has 1 aromatic heterocycles. The minimum Gasteiger partial charge on any atom is -0.325 e.